The zero-order valence-corrected chi connectivity index (χ0v) is 11.2. The number of nitrogen functional groups attached to an aromatic ring is 1. The van der Waals surface area contributed by atoms with Gasteiger partial charge in [0.25, 0.3) is 0 Å². The third kappa shape index (κ3) is 3.47. The van der Waals surface area contributed by atoms with Gasteiger partial charge < -0.3 is 15.2 Å². The molecule has 0 amide bonds. The first-order chi connectivity index (χ1) is 9.70. The summed E-state index contributed by atoms with van der Waals surface area (Å²) < 4.78 is 10.4. The van der Waals surface area contributed by atoms with E-state index in [1.165, 1.54) is 7.11 Å². The maximum absolute atomic E-state index is 12.0. The molecule has 2 aromatic rings. The highest BCUT2D eigenvalue weighted by Gasteiger charge is 2.13. The highest BCUT2D eigenvalue weighted by molar-refractivity contribution is 5.93. The number of ether oxygens (including phenoxy) is 2. The number of esters is 1. The molecule has 1 aromatic carbocycles. The van der Waals surface area contributed by atoms with Crippen molar-refractivity contribution in [3.63, 3.8) is 0 Å². The van der Waals surface area contributed by atoms with Crippen molar-refractivity contribution in [2.75, 3.05) is 19.5 Å². The van der Waals surface area contributed by atoms with E-state index in [1.54, 1.807) is 30.6 Å². The Balaban J connectivity index is 1.95. The highest BCUT2D eigenvalue weighted by Crippen LogP contribution is 2.22. The van der Waals surface area contributed by atoms with E-state index >= 15 is 0 Å². The van der Waals surface area contributed by atoms with Gasteiger partial charge in [-0.1, -0.05) is 0 Å². The zero-order valence-electron chi connectivity index (χ0n) is 11.2. The minimum atomic E-state index is -0.420. The van der Waals surface area contributed by atoms with Crippen LogP contribution in [0.15, 0.2) is 42.7 Å². The number of methoxy groups -OCH3 is 1. The molecule has 1 heterocycles. The van der Waals surface area contributed by atoms with Gasteiger partial charge >= 0.3 is 5.97 Å². The number of aromatic nitrogens is 1. The number of carbonyl (C=O) groups is 1. The quantitative estimate of drug-likeness (QED) is 0.666. The molecule has 2 N–H and O–H groups in total. The van der Waals surface area contributed by atoms with Gasteiger partial charge in [-0.05, 0) is 29.8 Å². The van der Waals surface area contributed by atoms with Crippen molar-refractivity contribution in [1.29, 1.82) is 0 Å². The molecule has 2 rings (SSSR count). The van der Waals surface area contributed by atoms with Crippen molar-refractivity contribution < 1.29 is 14.3 Å². The van der Waals surface area contributed by atoms with Gasteiger partial charge in [0.1, 0.15) is 11.3 Å². The molecule has 1 aromatic heterocycles. The third-order valence-corrected chi connectivity index (χ3v) is 2.82. The fraction of sp³-hybridized carbons (Fsp3) is 0.200. The Bertz CT molecular complexity index is 585. The Labute approximate surface area is 117 Å². The summed E-state index contributed by atoms with van der Waals surface area (Å²) in [4.78, 5) is 15.9. The lowest BCUT2D eigenvalue weighted by Crippen LogP contribution is -2.10. The van der Waals surface area contributed by atoms with E-state index in [-0.39, 0.29) is 0 Å². The standard InChI is InChI=1S/C15H16N2O3/c1-19-14-10-12(16)2-3-13(14)15(18)20-9-6-11-4-7-17-8-5-11/h2-5,7-8,10H,6,9,16H2,1H3. The molecule has 0 saturated heterocycles. The lowest BCUT2D eigenvalue weighted by Gasteiger charge is -2.09. The molecule has 5 nitrogen and oxygen atoms in total. The Morgan fingerprint density at radius 1 is 1.25 bits per heavy atom. The average Bonchev–Trinajstić information content (AvgIpc) is 2.48. The van der Waals surface area contributed by atoms with Crippen molar-refractivity contribution in [1.82, 2.24) is 4.98 Å². The average molecular weight is 272 g/mol. The number of carbonyl (C=O) groups excluding carboxylic acids is 1. The summed E-state index contributed by atoms with van der Waals surface area (Å²) in [5, 5.41) is 0. The first-order valence-corrected chi connectivity index (χ1v) is 6.20. The molecule has 0 aliphatic heterocycles. The van der Waals surface area contributed by atoms with Crippen LogP contribution >= 0.6 is 0 Å². The summed E-state index contributed by atoms with van der Waals surface area (Å²) in [6.45, 7) is 0.302. The second kappa shape index (κ2) is 6.56. The van der Waals surface area contributed by atoms with Crippen LogP contribution in [0.2, 0.25) is 0 Å². The van der Waals surface area contributed by atoms with E-state index in [4.69, 9.17) is 15.2 Å². The van der Waals surface area contributed by atoms with Gasteiger partial charge in [-0.25, -0.2) is 4.79 Å². The maximum Gasteiger partial charge on any atom is 0.341 e. The fourth-order valence-corrected chi connectivity index (χ4v) is 1.77. The second-order valence-corrected chi connectivity index (χ2v) is 4.20. The predicted octanol–water partition coefficient (Wildman–Crippen LogP) is 2.07. The minimum Gasteiger partial charge on any atom is -0.496 e. The van der Waals surface area contributed by atoms with Crippen LogP contribution in [0.25, 0.3) is 0 Å². The van der Waals surface area contributed by atoms with Crippen LogP contribution < -0.4 is 10.5 Å². The Hall–Kier alpha value is -2.56. The van der Waals surface area contributed by atoms with Crippen LogP contribution in [0.4, 0.5) is 5.69 Å². The van der Waals surface area contributed by atoms with E-state index < -0.39 is 5.97 Å². The number of nitrogens with two attached hydrogens (primary N) is 1. The Morgan fingerprint density at radius 3 is 2.70 bits per heavy atom. The van der Waals surface area contributed by atoms with Crippen LogP contribution in [0.1, 0.15) is 15.9 Å². The lowest BCUT2D eigenvalue weighted by molar-refractivity contribution is 0.0505. The van der Waals surface area contributed by atoms with Gasteiger partial charge in [0, 0.05) is 30.6 Å². The van der Waals surface area contributed by atoms with Gasteiger partial charge in [-0.15, -0.1) is 0 Å². The molecule has 0 saturated carbocycles. The molecule has 0 aliphatic rings. The Kier molecular flexibility index (Phi) is 4.55. The van der Waals surface area contributed by atoms with E-state index in [0.717, 1.165) is 5.56 Å². The first kappa shape index (κ1) is 13.9. The van der Waals surface area contributed by atoms with E-state index in [9.17, 15) is 4.79 Å². The Morgan fingerprint density at radius 2 is 2.00 bits per heavy atom. The van der Waals surface area contributed by atoms with Crippen molar-refractivity contribution in [3.05, 3.63) is 53.9 Å². The number of hydrogen-bond acceptors (Lipinski definition) is 5. The summed E-state index contributed by atoms with van der Waals surface area (Å²) in [6, 6.07) is 8.61. The summed E-state index contributed by atoms with van der Waals surface area (Å²) in [7, 11) is 1.49. The van der Waals surface area contributed by atoms with Crippen molar-refractivity contribution >= 4 is 11.7 Å². The second-order valence-electron chi connectivity index (χ2n) is 4.20. The van der Waals surface area contributed by atoms with Crippen LogP contribution in [0, 0.1) is 0 Å². The zero-order chi connectivity index (χ0) is 14.4. The monoisotopic (exact) mass is 272 g/mol. The first-order valence-electron chi connectivity index (χ1n) is 6.20. The molecule has 0 bridgehead atoms. The largest absolute Gasteiger partial charge is 0.496 e. The summed E-state index contributed by atoms with van der Waals surface area (Å²) >= 11 is 0. The van der Waals surface area contributed by atoms with Crippen LogP contribution in [0.5, 0.6) is 5.75 Å². The predicted molar refractivity (Wildman–Crippen MR) is 75.6 cm³/mol. The molecular formula is C15H16N2O3. The van der Waals surface area contributed by atoms with Crippen LogP contribution in [0.3, 0.4) is 0 Å². The summed E-state index contributed by atoms with van der Waals surface area (Å²) in [6.07, 6.45) is 4.06. The van der Waals surface area contributed by atoms with Gasteiger partial charge in [0.05, 0.1) is 13.7 Å². The SMILES string of the molecule is COc1cc(N)ccc1C(=O)OCCc1ccncc1. The van der Waals surface area contributed by atoms with Gasteiger partial charge in [-0.2, -0.15) is 0 Å². The molecule has 104 valence electrons. The number of rotatable bonds is 5. The molecule has 0 radical (unpaired) electrons. The molecule has 20 heavy (non-hydrogen) atoms. The number of benzene rings is 1. The van der Waals surface area contributed by atoms with Crippen LogP contribution in [-0.2, 0) is 11.2 Å². The molecular weight excluding hydrogens is 256 g/mol. The number of pyridine rings is 1. The third-order valence-electron chi connectivity index (χ3n) is 2.82. The molecule has 0 unspecified atom stereocenters. The minimum absolute atomic E-state index is 0.302. The van der Waals surface area contributed by atoms with Gasteiger partial charge in [-0.3, -0.25) is 4.98 Å². The van der Waals surface area contributed by atoms with E-state index in [1.807, 2.05) is 12.1 Å². The van der Waals surface area contributed by atoms with E-state index in [2.05, 4.69) is 4.98 Å². The highest BCUT2D eigenvalue weighted by atomic mass is 16.5. The van der Waals surface area contributed by atoms with Crippen molar-refractivity contribution in [2.24, 2.45) is 0 Å². The number of hydrogen-bond donors (Lipinski definition) is 1. The fourth-order valence-electron chi connectivity index (χ4n) is 1.77. The lowest BCUT2D eigenvalue weighted by atomic mass is 10.2. The molecule has 0 fully saturated rings. The van der Waals surface area contributed by atoms with E-state index in [0.29, 0.717) is 30.0 Å². The normalized spacial score (nSPS) is 10.1. The van der Waals surface area contributed by atoms with Crippen molar-refractivity contribution in [3.8, 4) is 5.75 Å². The summed E-state index contributed by atoms with van der Waals surface area (Å²) in [5.41, 5.74) is 7.62. The summed E-state index contributed by atoms with van der Waals surface area (Å²) in [5.74, 6) is -0.00480. The number of anilines is 1. The molecule has 0 atom stereocenters. The smallest absolute Gasteiger partial charge is 0.341 e. The molecule has 0 spiro atoms. The van der Waals surface area contributed by atoms with Gasteiger partial charge in [0.15, 0.2) is 0 Å². The maximum atomic E-state index is 12.0. The molecule has 5 heteroatoms. The number of nitrogens with zero attached hydrogens (tertiary/aromatic N) is 1. The topological polar surface area (TPSA) is 74.4 Å². The van der Waals surface area contributed by atoms with Gasteiger partial charge in [0.2, 0.25) is 0 Å². The molecule has 0 aliphatic carbocycles. The van der Waals surface area contributed by atoms with Crippen LogP contribution in [-0.4, -0.2) is 24.7 Å². The van der Waals surface area contributed by atoms with Crippen molar-refractivity contribution in [2.45, 2.75) is 6.42 Å².